The normalized spacial score (nSPS) is 12.9. The first-order valence-electron chi connectivity index (χ1n) is 15.5. The molecule has 0 fully saturated rings. The summed E-state index contributed by atoms with van der Waals surface area (Å²) in [4.78, 5) is 36.5. The molecule has 7 heteroatoms. The van der Waals surface area contributed by atoms with Crippen LogP contribution in [-0.2, 0) is 14.3 Å². The molecule has 2 aromatic carbocycles. The van der Waals surface area contributed by atoms with Crippen LogP contribution >= 0.6 is 11.8 Å². The highest BCUT2D eigenvalue weighted by Crippen LogP contribution is 2.44. The number of benzene rings is 2. The SMILES string of the molecule is CCCCCCCCCCCCCCCC(=O)SC[C@H](NC(=O)OCC1c2ccccc2-c2ccccc21)C(=O)O. The molecule has 0 unspecified atom stereocenters. The van der Waals surface area contributed by atoms with Crippen LogP contribution < -0.4 is 5.32 Å². The fourth-order valence-corrected chi connectivity index (χ4v) is 6.36. The van der Waals surface area contributed by atoms with Gasteiger partial charge in [-0.15, -0.1) is 0 Å². The second-order valence-corrected chi connectivity index (χ2v) is 12.1. The van der Waals surface area contributed by atoms with Gasteiger partial charge in [0.15, 0.2) is 5.12 Å². The monoisotopic (exact) mass is 581 g/mol. The van der Waals surface area contributed by atoms with Gasteiger partial charge in [0.1, 0.15) is 12.6 Å². The third kappa shape index (κ3) is 11.2. The molecule has 2 aromatic rings. The minimum absolute atomic E-state index is 0.0171. The first kappa shape index (κ1) is 32.7. The van der Waals surface area contributed by atoms with Crippen LogP contribution in [0.3, 0.4) is 0 Å². The summed E-state index contributed by atoms with van der Waals surface area (Å²) in [7, 11) is 0. The number of aliphatic carboxylic acids is 1. The molecular weight excluding hydrogens is 534 g/mol. The molecule has 6 nitrogen and oxygen atoms in total. The maximum Gasteiger partial charge on any atom is 0.407 e. The van der Waals surface area contributed by atoms with Gasteiger partial charge < -0.3 is 15.2 Å². The maximum atomic E-state index is 12.5. The van der Waals surface area contributed by atoms with E-state index in [1.807, 2.05) is 36.4 Å². The third-order valence-corrected chi connectivity index (χ3v) is 8.86. The average Bonchev–Trinajstić information content (AvgIpc) is 3.30. The highest BCUT2D eigenvalue weighted by Gasteiger charge is 2.30. The first-order valence-corrected chi connectivity index (χ1v) is 16.5. The van der Waals surface area contributed by atoms with Crippen molar-refractivity contribution < 1.29 is 24.2 Å². The van der Waals surface area contributed by atoms with Crippen molar-refractivity contribution in [2.75, 3.05) is 12.4 Å². The number of unbranched alkanes of at least 4 members (excludes halogenated alkanes) is 12. The zero-order valence-electron chi connectivity index (χ0n) is 24.6. The first-order chi connectivity index (χ1) is 20.0. The molecule has 1 atom stereocenters. The van der Waals surface area contributed by atoms with E-state index in [-0.39, 0.29) is 23.4 Å². The predicted octanol–water partition coefficient (Wildman–Crippen LogP) is 8.72. The Morgan fingerprint density at radius 1 is 0.780 bits per heavy atom. The number of hydrogen-bond donors (Lipinski definition) is 2. The fourth-order valence-electron chi connectivity index (χ4n) is 5.49. The number of carbonyl (C=O) groups is 3. The number of thioether (sulfide) groups is 1. The smallest absolute Gasteiger partial charge is 0.407 e. The van der Waals surface area contributed by atoms with E-state index >= 15 is 0 Å². The molecule has 3 rings (SSSR count). The minimum Gasteiger partial charge on any atom is -0.480 e. The van der Waals surface area contributed by atoms with Crippen LogP contribution in [-0.4, -0.2) is 40.7 Å². The number of hydrogen-bond acceptors (Lipinski definition) is 5. The Bertz CT molecular complexity index is 1060. The van der Waals surface area contributed by atoms with Gasteiger partial charge in [0.2, 0.25) is 0 Å². The second-order valence-electron chi connectivity index (χ2n) is 11.0. The molecule has 0 bridgehead atoms. The third-order valence-electron chi connectivity index (χ3n) is 7.83. The van der Waals surface area contributed by atoms with Crippen molar-refractivity contribution in [3.63, 3.8) is 0 Å². The van der Waals surface area contributed by atoms with Gasteiger partial charge in [-0.25, -0.2) is 9.59 Å². The van der Waals surface area contributed by atoms with Gasteiger partial charge in [-0.3, -0.25) is 4.79 Å². The van der Waals surface area contributed by atoms with E-state index in [0.717, 1.165) is 53.3 Å². The van der Waals surface area contributed by atoms with Crippen molar-refractivity contribution >= 4 is 28.9 Å². The largest absolute Gasteiger partial charge is 0.480 e. The van der Waals surface area contributed by atoms with Gasteiger partial charge in [0.25, 0.3) is 0 Å². The Kier molecular flexibility index (Phi) is 14.8. The summed E-state index contributed by atoms with van der Waals surface area (Å²) in [6, 6.07) is 14.9. The van der Waals surface area contributed by atoms with E-state index in [1.165, 1.54) is 64.2 Å². The Balaban J connectivity index is 1.27. The number of carbonyl (C=O) groups excluding carboxylic acids is 2. The number of carboxylic acids is 1. The molecule has 41 heavy (non-hydrogen) atoms. The van der Waals surface area contributed by atoms with Crippen molar-refractivity contribution in [1.29, 1.82) is 0 Å². The molecule has 0 heterocycles. The lowest BCUT2D eigenvalue weighted by atomic mass is 9.98. The molecular formula is C34H47NO5S. The van der Waals surface area contributed by atoms with Gasteiger partial charge in [0.05, 0.1) is 0 Å². The summed E-state index contributed by atoms with van der Waals surface area (Å²) < 4.78 is 5.47. The van der Waals surface area contributed by atoms with Gasteiger partial charge in [-0.05, 0) is 28.7 Å². The molecule has 224 valence electrons. The van der Waals surface area contributed by atoms with Gasteiger partial charge in [-0.2, -0.15) is 0 Å². The molecule has 1 aliphatic carbocycles. The maximum absolute atomic E-state index is 12.5. The molecule has 0 radical (unpaired) electrons. The summed E-state index contributed by atoms with van der Waals surface area (Å²) in [6.07, 6.45) is 15.8. The van der Waals surface area contributed by atoms with Crippen LogP contribution in [0.1, 0.15) is 114 Å². The van der Waals surface area contributed by atoms with Crippen LogP contribution in [0.25, 0.3) is 11.1 Å². The van der Waals surface area contributed by atoms with Crippen molar-refractivity contribution in [3.05, 3.63) is 59.7 Å². The van der Waals surface area contributed by atoms with Crippen LogP contribution in [0.5, 0.6) is 0 Å². The van der Waals surface area contributed by atoms with Gasteiger partial charge in [0, 0.05) is 18.1 Å². The summed E-state index contributed by atoms with van der Waals surface area (Å²) in [5.41, 5.74) is 4.43. The number of nitrogens with one attached hydrogen (secondary N) is 1. The quantitative estimate of drug-likeness (QED) is 0.152. The molecule has 0 aliphatic heterocycles. The van der Waals surface area contributed by atoms with E-state index in [2.05, 4.69) is 24.4 Å². The molecule has 0 aromatic heterocycles. The molecule has 0 saturated heterocycles. The summed E-state index contributed by atoms with van der Waals surface area (Å²) in [5.74, 6) is -1.30. The van der Waals surface area contributed by atoms with Gasteiger partial charge >= 0.3 is 12.1 Å². The molecule has 1 aliphatic rings. The highest BCUT2D eigenvalue weighted by molar-refractivity contribution is 8.13. The summed E-state index contributed by atoms with van der Waals surface area (Å²) in [6.45, 7) is 2.36. The molecule has 0 spiro atoms. The lowest BCUT2D eigenvalue weighted by Gasteiger charge is -2.17. The lowest BCUT2D eigenvalue weighted by Crippen LogP contribution is -2.43. The van der Waals surface area contributed by atoms with Crippen LogP contribution in [0.2, 0.25) is 0 Å². The molecule has 2 N–H and O–H groups in total. The van der Waals surface area contributed by atoms with Crippen molar-refractivity contribution in [1.82, 2.24) is 5.32 Å². The average molecular weight is 582 g/mol. The number of alkyl carbamates (subject to hydrolysis) is 1. The lowest BCUT2D eigenvalue weighted by molar-refractivity contribution is -0.138. The van der Waals surface area contributed by atoms with E-state index in [4.69, 9.17) is 4.74 Å². The highest BCUT2D eigenvalue weighted by atomic mass is 32.2. The summed E-state index contributed by atoms with van der Waals surface area (Å²) in [5, 5.41) is 12.0. The Morgan fingerprint density at radius 2 is 1.27 bits per heavy atom. The van der Waals surface area contributed by atoms with E-state index in [9.17, 15) is 19.5 Å². The Hall–Kier alpha value is -2.80. The molecule has 0 saturated carbocycles. The van der Waals surface area contributed by atoms with E-state index in [1.54, 1.807) is 0 Å². The Labute approximate surface area is 250 Å². The fraction of sp³-hybridized carbons (Fsp3) is 0.559. The minimum atomic E-state index is -1.19. The number of carboxylic acid groups (broad SMARTS) is 1. The van der Waals surface area contributed by atoms with Gasteiger partial charge in [-0.1, -0.05) is 144 Å². The standard InChI is InChI=1S/C34H47NO5S/c1-2-3-4-5-6-7-8-9-10-11-12-13-14-23-32(36)41-25-31(33(37)38)35-34(39)40-24-30-28-21-17-15-19-26(28)27-20-16-18-22-29(27)30/h15-22,30-31H,2-14,23-25H2,1H3,(H,35,39)(H,37,38)/t31-/m0/s1. The van der Waals surface area contributed by atoms with Crippen LogP contribution in [0.4, 0.5) is 4.79 Å². The van der Waals surface area contributed by atoms with Crippen molar-refractivity contribution in [3.8, 4) is 11.1 Å². The van der Waals surface area contributed by atoms with E-state index in [0.29, 0.717) is 6.42 Å². The van der Waals surface area contributed by atoms with E-state index < -0.39 is 18.1 Å². The van der Waals surface area contributed by atoms with Crippen LogP contribution in [0, 0.1) is 0 Å². The number of rotatable bonds is 20. The predicted molar refractivity (Wildman–Crippen MR) is 167 cm³/mol. The summed E-state index contributed by atoms with van der Waals surface area (Å²) >= 11 is 0.974. The van der Waals surface area contributed by atoms with Crippen LogP contribution in [0.15, 0.2) is 48.5 Å². The Morgan fingerprint density at radius 3 is 1.78 bits per heavy atom. The van der Waals surface area contributed by atoms with Crippen molar-refractivity contribution in [2.45, 2.75) is 109 Å². The second kappa shape index (κ2) is 18.6. The van der Waals surface area contributed by atoms with Crippen molar-refractivity contribution in [2.24, 2.45) is 0 Å². The number of amides is 1. The zero-order valence-corrected chi connectivity index (χ0v) is 25.4. The number of fused-ring (bicyclic) bond motifs is 3. The molecule has 1 amide bonds. The number of ether oxygens (including phenoxy) is 1. The zero-order chi connectivity index (χ0) is 29.3. The topological polar surface area (TPSA) is 92.7 Å².